The number of hydrogen-bond acceptors (Lipinski definition) is 4. The van der Waals surface area contributed by atoms with Gasteiger partial charge in [-0.3, -0.25) is 9.59 Å². The van der Waals surface area contributed by atoms with E-state index in [9.17, 15) is 9.59 Å². The molecule has 2 N–H and O–H groups in total. The van der Waals surface area contributed by atoms with Crippen LogP contribution in [0.4, 0.5) is 0 Å². The monoisotopic (exact) mass is 288 g/mol. The highest BCUT2D eigenvalue weighted by atomic mass is 16.5. The van der Waals surface area contributed by atoms with Gasteiger partial charge in [0.1, 0.15) is 11.3 Å². The Bertz CT molecular complexity index is 657. The van der Waals surface area contributed by atoms with E-state index in [-0.39, 0.29) is 18.9 Å². The molecule has 2 aromatic rings. The Morgan fingerprint density at radius 1 is 1.24 bits per heavy atom. The summed E-state index contributed by atoms with van der Waals surface area (Å²) < 4.78 is 4.96. The standard InChI is InChI=1S/C15H16N2O4/c1-9-14(10(2)21-17-9)15(20)16-8-12-6-4-3-5-11(12)7-13(18)19/h3-6H,7-8H2,1-2H3,(H,16,20)(H,18,19). The normalized spacial score (nSPS) is 10.4. The first kappa shape index (κ1) is 14.8. The van der Waals surface area contributed by atoms with Crippen LogP contribution in [0.1, 0.15) is 32.9 Å². The molecule has 110 valence electrons. The van der Waals surface area contributed by atoms with Crippen LogP contribution in [-0.4, -0.2) is 22.1 Å². The molecule has 2 rings (SSSR count). The molecule has 0 bridgehead atoms. The number of nitrogens with one attached hydrogen (secondary N) is 1. The van der Waals surface area contributed by atoms with Gasteiger partial charge in [0.25, 0.3) is 5.91 Å². The van der Waals surface area contributed by atoms with E-state index >= 15 is 0 Å². The highest BCUT2D eigenvalue weighted by Crippen LogP contribution is 2.13. The molecule has 0 aliphatic carbocycles. The topological polar surface area (TPSA) is 92.4 Å². The van der Waals surface area contributed by atoms with Gasteiger partial charge in [-0.05, 0) is 25.0 Å². The minimum absolute atomic E-state index is 0.0721. The van der Waals surface area contributed by atoms with Crippen LogP contribution in [0.25, 0.3) is 0 Å². The van der Waals surface area contributed by atoms with Crippen LogP contribution in [0.3, 0.4) is 0 Å². The Balaban J connectivity index is 2.10. The highest BCUT2D eigenvalue weighted by Gasteiger charge is 2.17. The van der Waals surface area contributed by atoms with Crippen LogP contribution in [-0.2, 0) is 17.8 Å². The molecule has 1 heterocycles. The zero-order chi connectivity index (χ0) is 15.4. The maximum Gasteiger partial charge on any atom is 0.307 e. The third-order valence-electron chi connectivity index (χ3n) is 3.16. The predicted molar refractivity (Wildman–Crippen MR) is 74.9 cm³/mol. The number of hydrogen-bond donors (Lipinski definition) is 2. The summed E-state index contributed by atoms with van der Waals surface area (Å²) in [6.07, 6.45) is -0.0721. The minimum atomic E-state index is -0.903. The average Bonchev–Trinajstić information content (AvgIpc) is 2.76. The zero-order valence-corrected chi connectivity index (χ0v) is 11.8. The lowest BCUT2D eigenvalue weighted by atomic mass is 10.0. The van der Waals surface area contributed by atoms with Crippen molar-refractivity contribution in [2.75, 3.05) is 0 Å². The second-order valence-corrected chi connectivity index (χ2v) is 4.72. The van der Waals surface area contributed by atoms with E-state index in [0.717, 1.165) is 5.56 Å². The van der Waals surface area contributed by atoms with Crippen molar-refractivity contribution in [2.45, 2.75) is 26.8 Å². The summed E-state index contributed by atoms with van der Waals surface area (Å²) in [6, 6.07) is 7.12. The minimum Gasteiger partial charge on any atom is -0.481 e. The van der Waals surface area contributed by atoms with Gasteiger partial charge in [0.15, 0.2) is 0 Å². The Labute approximate surface area is 121 Å². The van der Waals surface area contributed by atoms with E-state index in [2.05, 4.69) is 10.5 Å². The molecule has 1 aromatic carbocycles. The molecule has 21 heavy (non-hydrogen) atoms. The molecule has 1 amide bonds. The van der Waals surface area contributed by atoms with Crippen LogP contribution in [0, 0.1) is 13.8 Å². The Morgan fingerprint density at radius 2 is 1.90 bits per heavy atom. The van der Waals surface area contributed by atoms with E-state index in [4.69, 9.17) is 9.63 Å². The fourth-order valence-corrected chi connectivity index (χ4v) is 2.14. The smallest absolute Gasteiger partial charge is 0.307 e. The SMILES string of the molecule is Cc1noc(C)c1C(=O)NCc1ccccc1CC(=O)O. The molecule has 0 fully saturated rings. The molecular formula is C15H16N2O4. The van der Waals surface area contributed by atoms with Gasteiger partial charge in [0.05, 0.1) is 12.1 Å². The third kappa shape index (κ3) is 3.47. The van der Waals surface area contributed by atoms with Crippen molar-refractivity contribution in [3.63, 3.8) is 0 Å². The number of carboxylic acid groups (broad SMARTS) is 1. The van der Waals surface area contributed by atoms with Crippen molar-refractivity contribution >= 4 is 11.9 Å². The Hall–Kier alpha value is -2.63. The van der Waals surface area contributed by atoms with Crippen molar-refractivity contribution < 1.29 is 19.2 Å². The van der Waals surface area contributed by atoms with Crippen LogP contribution in [0.15, 0.2) is 28.8 Å². The molecule has 0 saturated carbocycles. The van der Waals surface area contributed by atoms with Crippen LogP contribution in [0.5, 0.6) is 0 Å². The number of carbonyl (C=O) groups is 2. The maximum absolute atomic E-state index is 12.1. The van der Waals surface area contributed by atoms with Gasteiger partial charge in [-0.15, -0.1) is 0 Å². The fraction of sp³-hybridized carbons (Fsp3) is 0.267. The number of carbonyl (C=O) groups excluding carboxylic acids is 1. The van der Waals surface area contributed by atoms with Crippen molar-refractivity contribution in [3.8, 4) is 0 Å². The molecule has 1 aromatic heterocycles. The van der Waals surface area contributed by atoms with E-state index in [1.54, 1.807) is 32.0 Å². The average molecular weight is 288 g/mol. The van der Waals surface area contributed by atoms with Crippen molar-refractivity contribution in [1.29, 1.82) is 0 Å². The number of nitrogens with zero attached hydrogens (tertiary/aromatic N) is 1. The molecule has 0 atom stereocenters. The first-order chi connectivity index (χ1) is 9.99. The number of carboxylic acids is 1. The summed E-state index contributed by atoms with van der Waals surface area (Å²) in [7, 11) is 0. The number of amides is 1. The summed E-state index contributed by atoms with van der Waals surface area (Å²) in [6.45, 7) is 3.63. The molecule has 0 aliphatic rings. The lowest BCUT2D eigenvalue weighted by molar-refractivity contribution is -0.136. The first-order valence-corrected chi connectivity index (χ1v) is 6.48. The number of aliphatic carboxylic acids is 1. The molecule has 0 radical (unpaired) electrons. The zero-order valence-electron chi connectivity index (χ0n) is 11.8. The largest absolute Gasteiger partial charge is 0.481 e. The molecule has 0 saturated heterocycles. The van der Waals surface area contributed by atoms with Gasteiger partial charge in [-0.25, -0.2) is 0 Å². The molecule has 0 spiro atoms. The predicted octanol–water partition coefficient (Wildman–Crippen LogP) is 1.85. The lowest BCUT2D eigenvalue weighted by Crippen LogP contribution is -2.24. The van der Waals surface area contributed by atoms with Crippen LogP contribution < -0.4 is 5.32 Å². The van der Waals surface area contributed by atoms with E-state index < -0.39 is 5.97 Å². The van der Waals surface area contributed by atoms with Gasteiger partial charge < -0.3 is 14.9 Å². The van der Waals surface area contributed by atoms with Crippen molar-refractivity contribution in [3.05, 3.63) is 52.4 Å². The van der Waals surface area contributed by atoms with Gasteiger partial charge >= 0.3 is 5.97 Å². The van der Waals surface area contributed by atoms with Crippen molar-refractivity contribution in [2.24, 2.45) is 0 Å². The number of aryl methyl sites for hydroxylation is 2. The second-order valence-electron chi connectivity index (χ2n) is 4.72. The quantitative estimate of drug-likeness (QED) is 0.876. The number of aromatic nitrogens is 1. The van der Waals surface area contributed by atoms with Crippen molar-refractivity contribution in [1.82, 2.24) is 10.5 Å². The third-order valence-corrected chi connectivity index (χ3v) is 3.16. The summed E-state index contributed by atoms with van der Waals surface area (Å²) in [5.41, 5.74) is 2.42. The summed E-state index contributed by atoms with van der Waals surface area (Å²) in [5.74, 6) is -0.723. The molecular weight excluding hydrogens is 272 g/mol. The highest BCUT2D eigenvalue weighted by molar-refractivity contribution is 5.96. The van der Waals surface area contributed by atoms with E-state index in [1.165, 1.54) is 0 Å². The lowest BCUT2D eigenvalue weighted by Gasteiger charge is -2.09. The number of rotatable bonds is 5. The summed E-state index contributed by atoms with van der Waals surface area (Å²) in [4.78, 5) is 23.0. The van der Waals surface area contributed by atoms with Crippen LogP contribution >= 0.6 is 0 Å². The Morgan fingerprint density at radius 3 is 2.48 bits per heavy atom. The van der Waals surface area contributed by atoms with Gasteiger partial charge in [0.2, 0.25) is 0 Å². The molecule has 0 unspecified atom stereocenters. The Kier molecular flexibility index (Phi) is 4.37. The summed E-state index contributed by atoms with van der Waals surface area (Å²) in [5, 5.41) is 15.4. The number of benzene rings is 1. The molecule has 0 aliphatic heterocycles. The maximum atomic E-state index is 12.1. The van der Waals surface area contributed by atoms with Gasteiger partial charge in [0, 0.05) is 6.54 Å². The fourth-order valence-electron chi connectivity index (χ4n) is 2.14. The first-order valence-electron chi connectivity index (χ1n) is 6.48. The van der Waals surface area contributed by atoms with E-state index in [1.807, 2.05) is 6.07 Å². The van der Waals surface area contributed by atoms with Gasteiger partial charge in [-0.2, -0.15) is 0 Å². The molecule has 6 nitrogen and oxygen atoms in total. The van der Waals surface area contributed by atoms with E-state index in [0.29, 0.717) is 22.6 Å². The van der Waals surface area contributed by atoms with Crippen LogP contribution in [0.2, 0.25) is 0 Å². The van der Waals surface area contributed by atoms with Gasteiger partial charge in [-0.1, -0.05) is 29.4 Å². The summed E-state index contributed by atoms with van der Waals surface area (Å²) >= 11 is 0. The second kappa shape index (κ2) is 6.21. The molecule has 6 heteroatoms.